The first-order valence-electron chi connectivity index (χ1n) is 5.67. The number of aromatic amines is 1. The van der Waals surface area contributed by atoms with Gasteiger partial charge in [-0.1, -0.05) is 12.8 Å². The van der Waals surface area contributed by atoms with Crippen molar-refractivity contribution in [1.82, 2.24) is 15.1 Å². The molecule has 1 aliphatic carbocycles. The van der Waals surface area contributed by atoms with Crippen LogP contribution in [0.4, 0.5) is 0 Å². The van der Waals surface area contributed by atoms with E-state index in [0.717, 1.165) is 12.0 Å². The lowest BCUT2D eigenvalue weighted by molar-refractivity contribution is 0.0924. The van der Waals surface area contributed by atoms with Crippen LogP contribution in [-0.2, 0) is 0 Å². The number of hydrogen-bond donors (Lipinski definition) is 1. The van der Waals surface area contributed by atoms with Crippen LogP contribution in [-0.4, -0.2) is 34.2 Å². The fourth-order valence-electron chi connectivity index (χ4n) is 2.77. The maximum atomic E-state index is 4.00. The van der Waals surface area contributed by atoms with Crippen molar-refractivity contribution in [3.8, 4) is 0 Å². The van der Waals surface area contributed by atoms with Gasteiger partial charge in [-0.2, -0.15) is 5.10 Å². The second kappa shape index (κ2) is 3.39. The lowest BCUT2D eigenvalue weighted by Gasteiger charge is -2.42. The number of aromatic nitrogens is 2. The molecule has 0 aromatic carbocycles. The highest BCUT2D eigenvalue weighted by atomic mass is 15.2. The lowest BCUT2D eigenvalue weighted by atomic mass is 9.94. The summed E-state index contributed by atoms with van der Waals surface area (Å²) in [6.45, 7) is 2.49. The average molecular weight is 191 g/mol. The summed E-state index contributed by atoms with van der Waals surface area (Å²) in [4.78, 5) is 2.64. The molecule has 1 saturated carbocycles. The predicted molar refractivity (Wildman–Crippen MR) is 55.2 cm³/mol. The number of hydrogen-bond acceptors (Lipinski definition) is 2. The zero-order valence-corrected chi connectivity index (χ0v) is 8.45. The van der Waals surface area contributed by atoms with Crippen molar-refractivity contribution in [2.45, 2.75) is 37.6 Å². The highest BCUT2D eigenvalue weighted by molar-refractivity contribution is 5.12. The van der Waals surface area contributed by atoms with Crippen LogP contribution in [0.5, 0.6) is 0 Å². The van der Waals surface area contributed by atoms with Gasteiger partial charge >= 0.3 is 0 Å². The normalized spacial score (nSPS) is 25.4. The molecule has 76 valence electrons. The Morgan fingerprint density at radius 1 is 1.29 bits per heavy atom. The van der Waals surface area contributed by atoms with Crippen LogP contribution in [0.1, 0.15) is 37.3 Å². The second-order valence-electron chi connectivity index (χ2n) is 4.60. The van der Waals surface area contributed by atoms with Gasteiger partial charge in [-0.3, -0.25) is 10.00 Å². The van der Waals surface area contributed by atoms with Gasteiger partial charge in [0.05, 0.1) is 0 Å². The number of nitrogens with one attached hydrogen (secondary N) is 1. The molecule has 0 unspecified atom stereocenters. The third-order valence-corrected chi connectivity index (χ3v) is 3.71. The first-order valence-corrected chi connectivity index (χ1v) is 5.67. The molecular formula is C11H17N3. The number of rotatable bonds is 2. The van der Waals surface area contributed by atoms with E-state index < -0.39 is 0 Å². The van der Waals surface area contributed by atoms with Gasteiger partial charge < -0.3 is 0 Å². The summed E-state index contributed by atoms with van der Waals surface area (Å²) in [6.07, 6.45) is 7.59. The molecule has 1 aliphatic heterocycles. The molecule has 0 spiro atoms. The number of H-pyrrole nitrogens is 1. The lowest BCUT2D eigenvalue weighted by Crippen LogP contribution is -2.49. The van der Waals surface area contributed by atoms with Gasteiger partial charge in [-0.05, 0) is 18.9 Å². The minimum absolute atomic E-state index is 0.720. The molecule has 0 bridgehead atoms. The monoisotopic (exact) mass is 191 g/mol. The van der Waals surface area contributed by atoms with Crippen molar-refractivity contribution in [3.05, 3.63) is 18.0 Å². The fraction of sp³-hybridized carbons (Fsp3) is 0.727. The fourth-order valence-corrected chi connectivity index (χ4v) is 2.77. The Morgan fingerprint density at radius 2 is 2.07 bits per heavy atom. The van der Waals surface area contributed by atoms with Crippen molar-refractivity contribution < 1.29 is 0 Å². The molecule has 3 nitrogen and oxygen atoms in total. The highest BCUT2D eigenvalue weighted by Gasteiger charge is 2.34. The maximum Gasteiger partial charge on any atom is 0.0490 e. The zero-order chi connectivity index (χ0) is 9.38. The molecule has 3 heteroatoms. The molecule has 14 heavy (non-hydrogen) atoms. The van der Waals surface area contributed by atoms with Crippen LogP contribution in [0.3, 0.4) is 0 Å². The van der Waals surface area contributed by atoms with Gasteiger partial charge in [0.2, 0.25) is 0 Å². The first-order chi connectivity index (χ1) is 6.93. The Kier molecular flexibility index (Phi) is 2.05. The summed E-state index contributed by atoms with van der Waals surface area (Å²) in [5, 5.41) is 7.08. The molecule has 1 aromatic rings. The number of nitrogens with zero attached hydrogens (tertiary/aromatic N) is 2. The molecule has 2 fully saturated rings. The summed E-state index contributed by atoms with van der Waals surface area (Å²) in [5.41, 5.74) is 1.32. The Labute approximate surface area is 84.5 Å². The minimum Gasteiger partial charge on any atom is -0.299 e. The Hall–Kier alpha value is -0.830. The second-order valence-corrected chi connectivity index (χ2v) is 4.60. The molecule has 2 aliphatic rings. The van der Waals surface area contributed by atoms with Crippen LogP contribution < -0.4 is 0 Å². The smallest absolute Gasteiger partial charge is 0.0490 e. The molecule has 0 radical (unpaired) electrons. The minimum atomic E-state index is 0.720. The van der Waals surface area contributed by atoms with E-state index in [1.165, 1.54) is 44.5 Å². The van der Waals surface area contributed by atoms with E-state index in [2.05, 4.69) is 21.2 Å². The number of likely N-dealkylation sites (tertiary alicyclic amines) is 1. The van der Waals surface area contributed by atoms with Crippen LogP contribution in [0.15, 0.2) is 12.3 Å². The van der Waals surface area contributed by atoms with E-state index in [1.807, 2.05) is 6.20 Å². The van der Waals surface area contributed by atoms with Crippen LogP contribution in [0.2, 0.25) is 0 Å². The van der Waals surface area contributed by atoms with Crippen LogP contribution >= 0.6 is 0 Å². The predicted octanol–water partition coefficient (Wildman–Crippen LogP) is 1.75. The Morgan fingerprint density at radius 3 is 2.71 bits per heavy atom. The zero-order valence-electron chi connectivity index (χ0n) is 8.45. The van der Waals surface area contributed by atoms with Gasteiger partial charge in [0.1, 0.15) is 0 Å². The Bertz CT molecular complexity index is 281. The van der Waals surface area contributed by atoms with Crippen LogP contribution in [0, 0.1) is 0 Å². The molecule has 1 aromatic heterocycles. The van der Waals surface area contributed by atoms with Crippen molar-refractivity contribution in [1.29, 1.82) is 0 Å². The average Bonchev–Trinajstić information content (AvgIpc) is 2.71. The summed E-state index contributed by atoms with van der Waals surface area (Å²) >= 11 is 0. The van der Waals surface area contributed by atoms with E-state index in [4.69, 9.17) is 0 Å². The highest BCUT2D eigenvalue weighted by Crippen LogP contribution is 2.33. The summed E-state index contributed by atoms with van der Waals surface area (Å²) in [7, 11) is 0. The first kappa shape index (κ1) is 8.48. The van der Waals surface area contributed by atoms with E-state index in [1.54, 1.807) is 0 Å². The van der Waals surface area contributed by atoms with E-state index in [0.29, 0.717) is 0 Å². The third kappa shape index (κ3) is 1.36. The van der Waals surface area contributed by atoms with Gasteiger partial charge in [0, 0.05) is 36.9 Å². The van der Waals surface area contributed by atoms with E-state index in [-0.39, 0.29) is 0 Å². The molecule has 0 amide bonds. The summed E-state index contributed by atoms with van der Waals surface area (Å²) in [5.74, 6) is 0.720. The quantitative estimate of drug-likeness (QED) is 0.772. The van der Waals surface area contributed by atoms with E-state index >= 15 is 0 Å². The van der Waals surface area contributed by atoms with Crippen molar-refractivity contribution in [3.63, 3.8) is 0 Å². The van der Waals surface area contributed by atoms with Crippen LogP contribution in [0.25, 0.3) is 0 Å². The molecule has 2 heterocycles. The summed E-state index contributed by atoms with van der Waals surface area (Å²) in [6, 6.07) is 3.01. The molecule has 3 rings (SSSR count). The maximum absolute atomic E-state index is 4.00. The van der Waals surface area contributed by atoms with Gasteiger partial charge in [0.15, 0.2) is 0 Å². The third-order valence-electron chi connectivity index (χ3n) is 3.71. The SMILES string of the molecule is c1cc(C2CN(C3CCCC3)C2)[nH]n1. The van der Waals surface area contributed by atoms with Crippen molar-refractivity contribution in [2.24, 2.45) is 0 Å². The van der Waals surface area contributed by atoms with Gasteiger partial charge in [0.25, 0.3) is 0 Å². The largest absolute Gasteiger partial charge is 0.299 e. The van der Waals surface area contributed by atoms with E-state index in [9.17, 15) is 0 Å². The van der Waals surface area contributed by atoms with Gasteiger partial charge in [-0.25, -0.2) is 0 Å². The Balaban J connectivity index is 1.56. The molecule has 0 atom stereocenters. The molecular weight excluding hydrogens is 174 g/mol. The van der Waals surface area contributed by atoms with Crippen molar-refractivity contribution >= 4 is 0 Å². The van der Waals surface area contributed by atoms with Gasteiger partial charge in [-0.15, -0.1) is 0 Å². The standard InChI is InChI=1S/C11H17N3/c1-2-4-10(3-1)14-7-9(8-14)11-5-6-12-13-11/h5-6,9-10H,1-4,7-8H2,(H,12,13). The van der Waals surface area contributed by atoms with Crippen molar-refractivity contribution in [2.75, 3.05) is 13.1 Å². The molecule has 1 saturated heterocycles. The topological polar surface area (TPSA) is 31.9 Å². The molecule has 1 N–H and O–H groups in total. The summed E-state index contributed by atoms with van der Waals surface area (Å²) < 4.78 is 0.